The van der Waals surface area contributed by atoms with E-state index < -0.39 is 0 Å². The Kier molecular flexibility index (Phi) is 7.74. The van der Waals surface area contributed by atoms with Gasteiger partial charge in [0.2, 0.25) is 0 Å². The summed E-state index contributed by atoms with van der Waals surface area (Å²) < 4.78 is 0. The fourth-order valence-electron chi connectivity index (χ4n) is 3.53. The molecule has 4 nitrogen and oxygen atoms in total. The number of allylic oxidation sites excluding steroid dienone is 1. The highest BCUT2D eigenvalue weighted by Crippen LogP contribution is 2.33. The average Bonchev–Trinajstić information content (AvgIpc) is 2.66. The lowest BCUT2D eigenvalue weighted by molar-refractivity contribution is 0.341. The highest BCUT2D eigenvalue weighted by atomic mass is 15.2. The van der Waals surface area contributed by atoms with Gasteiger partial charge < -0.3 is 21.3 Å². The first-order chi connectivity index (χ1) is 13.0. The van der Waals surface area contributed by atoms with Crippen molar-refractivity contribution >= 4 is 17.5 Å². The third-order valence-electron chi connectivity index (χ3n) is 5.15. The lowest BCUT2D eigenvalue weighted by atomic mass is 9.97. The van der Waals surface area contributed by atoms with Crippen LogP contribution in [0.2, 0.25) is 0 Å². The van der Waals surface area contributed by atoms with Crippen molar-refractivity contribution in [2.75, 3.05) is 25.5 Å². The zero-order chi connectivity index (χ0) is 19.8. The summed E-state index contributed by atoms with van der Waals surface area (Å²) in [5.74, 6) is 0. The number of rotatable bonds is 10. The molecule has 1 heterocycles. The average molecular weight is 367 g/mol. The second kappa shape index (κ2) is 10.0. The lowest BCUT2D eigenvalue weighted by Gasteiger charge is -2.37. The molecule has 0 spiro atoms. The quantitative estimate of drug-likeness (QED) is 0.532. The normalized spacial score (nSPS) is 16.6. The number of likely N-dealkylation sites (N-methyl/N-ethyl adjacent to an activating group) is 1. The van der Waals surface area contributed by atoms with E-state index in [9.17, 15) is 0 Å². The maximum Gasteiger partial charge on any atom is 0.0686 e. The van der Waals surface area contributed by atoms with Gasteiger partial charge in [-0.3, -0.25) is 0 Å². The molecule has 2 rings (SSSR count). The first kappa shape index (κ1) is 20.8. The van der Waals surface area contributed by atoms with Crippen molar-refractivity contribution in [3.63, 3.8) is 0 Å². The molecule has 1 aliphatic heterocycles. The molecule has 0 aromatic heterocycles. The van der Waals surface area contributed by atoms with Crippen molar-refractivity contribution in [2.45, 2.75) is 38.1 Å². The molecule has 146 valence electrons. The van der Waals surface area contributed by atoms with Crippen molar-refractivity contribution in [2.24, 2.45) is 5.73 Å². The second-order valence-electron chi connectivity index (χ2n) is 7.12. The summed E-state index contributed by atoms with van der Waals surface area (Å²) in [7, 11) is 2.08. The summed E-state index contributed by atoms with van der Waals surface area (Å²) in [6.45, 7) is 18.3. The number of nitrogens with zero attached hydrogens (tertiary/aromatic N) is 1. The van der Waals surface area contributed by atoms with Gasteiger partial charge in [0.15, 0.2) is 0 Å². The lowest BCUT2D eigenvalue weighted by Crippen LogP contribution is -2.40. The Labute approximate surface area is 164 Å². The topological polar surface area (TPSA) is 53.3 Å². The third-order valence-corrected chi connectivity index (χ3v) is 5.15. The first-order valence-corrected chi connectivity index (χ1v) is 9.74. The van der Waals surface area contributed by atoms with E-state index in [1.54, 1.807) is 0 Å². The highest BCUT2D eigenvalue weighted by molar-refractivity contribution is 5.81. The van der Waals surface area contributed by atoms with Gasteiger partial charge in [-0.25, -0.2) is 0 Å². The molecule has 0 saturated carbocycles. The molecule has 1 aromatic carbocycles. The van der Waals surface area contributed by atoms with Crippen molar-refractivity contribution in [1.82, 2.24) is 10.2 Å². The Hall–Kier alpha value is -2.46. The Morgan fingerprint density at radius 2 is 2.11 bits per heavy atom. The van der Waals surface area contributed by atoms with Gasteiger partial charge in [0.1, 0.15) is 0 Å². The molecule has 1 atom stereocenters. The molecule has 0 radical (unpaired) electrons. The third kappa shape index (κ3) is 5.27. The predicted octanol–water partition coefficient (Wildman–Crippen LogP) is 4.55. The monoisotopic (exact) mass is 366 g/mol. The number of hydrogen-bond acceptors (Lipinski definition) is 4. The van der Waals surface area contributed by atoms with E-state index in [2.05, 4.69) is 67.1 Å². The van der Waals surface area contributed by atoms with Crippen LogP contribution in [0.1, 0.15) is 43.2 Å². The molecule has 0 bridgehead atoms. The molecule has 1 aliphatic rings. The van der Waals surface area contributed by atoms with Crippen LogP contribution < -0.4 is 16.4 Å². The molecular formula is C23H34N4. The minimum atomic E-state index is 0.193. The van der Waals surface area contributed by atoms with Crippen LogP contribution in [0.5, 0.6) is 0 Å². The van der Waals surface area contributed by atoms with E-state index >= 15 is 0 Å². The van der Waals surface area contributed by atoms with Gasteiger partial charge >= 0.3 is 0 Å². The van der Waals surface area contributed by atoms with Crippen LogP contribution in [0.25, 0.3) is 11.8 Å². The summed E-state index contributed by atoms with van der Waals surface area (Å²) in [4.78, 5) is 2.21. The van der Waals surface area contributed by atoms with Gasteiger partial charge in [0, 0.05) is 41.9 Å². The summed E-state index contributed by atoms with van der Waals surface area (Å²) in [5.41, 5.74) is 11.8. The van der Waals surface area contributed by atoms with Gasteiger partial charge in [-0.05, 0) is 43.9 Å². The SMILES string of the molecule is C=Cc1cccc(NCCCCCN)c1C(=C)N(C)C1CCC(=C)NC1=C. The van der Waals surface area contributed by atoms with Crippen molar-refractivity contribution in [1.29, 1.82) is 0 Å². The van der Waals surface area contributed by atoms with Gasteiger partial charge in [-0.15, -0.1) is 0 Å². The molecular weight excluding hydrogens is 332 g/mol. The Morgan fingerprint density at radius 3 is 2.78 bits per heavy atom. The van der Waals surface area contributed by atoms with Gasteiger partial charge in [-0.1, -0.05) is 50.9 Å². The summed E-state index contributed by atoms with van der Waals surface area (Å²) >= 11 is 0. The molecule has 0 aliphatic carbocycles. The second-order valence-corrected chi connectivity index (χ2v) is 7.12. The molecule has 0 amide bonds. The van der Waals surface area contributed by atoms with E-state index in [-0.39, 0.29) is 6.04 Å². The van der Waals surface area contributed by atoms with E-state index in [0.29, 0.717) is 0 Å². The van der Waals surface area contributed by atoms with Crippen LogP contribution in [-0.4, -0.2) is 31.1 Å². The summed E-state index contributed by atoms with van der Waals surface area (Å²) in [5, 5.41) is 6.87. The summed E-state index contributed by atoms with van der Waals surface area (Å²) in [6.07, 6.45) is 7.12. The highest BCUT2D eigenvalue weighted by Gasteiger charge is 2.25. The smallest absolute Gasteiger partial charge is 0.0686 e. The van der Waals surface area contributed by atoms with Crippen LogP contribution in [-0.2, 0) is 0 Å². The fourth-order valence-corrected chi connectivity index (χ4v) is 3.53. The van der Waals surface area contributed by atoms with Crippen molar-refractivity contribution < 1.29 is 0 Å². The zero-order valence-electron chi connectivity index (χ0n) is 16.7. The van der Waals surface area contributed by atoms with E-state index in [1.165, 1.54) is 0 Å². The van der Waals surface area contributed by atoms with E-state index in [1.807, 2.05) is 6.08 Å². The zero-order valence-corrected chi connectivity index (χ0v) is 16.7. The van der Waals surface area contributed by atoms with E-state index in [4.69, 9.17) is 5.73 Å². The molecule has 1 fully saturated rings. The molecule has 4 heteroatoms. The molecule has 4 N–H and O–H groups in total. The number of nitrogens with two attached hydrogens (primary N) is 1. The molecule has 27 heavy (non-hydrogen) atoms. The largest absolute Gasteiger partial charge is 0.384 e. The van der Waals surface area contributed by atoms with Crippen molar-refractivity contribution in [3.05, 3.63) is 67.0 Å². The van der Waals surface area contributed by atoms with Gasteiger partial charge in [-0.2, -0.15) is 0 Å². The number of anilines is 1. The van der Waals surface area contributed by atoms with Crippen LogP contribution >= 0.6 is 0 Å². The summed E-state index contributed by atoms with van der Waals surface area (Å²) in [6, 6.07) is 6.44. The van der Waals surface area contributed by atoms with Crippen LogP contribution in [0.4, 0.5) is 5.69 Å². The minimum absolute atomic E-state index is 0.193. The molecule has 1 unspecified atom stereocenters. The number of benzene rings is 1. The van der Waals surface area contributed by atoms with Crippen molar-refractivity contribution in [3.8, 4) is 0 Å². The Balaban J connectivity index is 2.18. The molecule has 1 aromatic rings. The van der Waals surface area contributed by atoms with Gasteiger partial charge in [0.05, 0.1) is 6.04 Å². The molecule has 1 saturated heterocycles. The van der Waals surface area contributed by atoms with Crippen LogP contribution in [0.3, 0.4) is 0 Å². The minimum Gasteiger partial charge on any atom is -0.384 e. The Morgan fingerprint density at radius 1 is 1.33 bits per heavy atom. The van der Waals surface area contributed by atoms with Gasteiger partial charge in [0.25, 0.3) is 0 Å². The maximum absolute atomic E-state index is 5.58. The predicted molar refractivity (Wildman–Crippen MR) is 119 cm³/mol. The fraction of sp³-hybridized carbons (Fsp3) is 0.391. The first-order valence-electron chi connectivity index (χ1n) is 9.74. The number of unbranched alkanes of at least 4 members (excludes halogenated alkanes) is 2. The number of hydrogen-bond donors (Lipinski definition) is 3. The number of nitrogens with one attached hydrogen (secondary N) is 2. The number of piperidine rings is 1. The van der Waals surface area contributed by atoms with Crippen LogP contribution in [0, 0.1) is 0 Å². The van der Waals surface area contributed by atoms with Crippen LogP contribution in [0.15, 0.2) is 55.9 Å². The standard InChI is InChI=1S/C23H34N4/c1-6-20-11-10-12-21(25-16-9-7-8-15-24)23(20)19(4)27(5)22-14-13-17(2)26-18(22)3/h6,10-12,22,25-26H,1-4,7-9,13-16,24H2,5H3. The Bertz CT molecular complexity index is 704. The van der Waals surface area contributed by atoms with E-state index in [0.717, 1.165) is 79.1 Å². The maximum atomic E-state index is 5.58.